The Bertz CT molecular complexity index is 3430. The van der Waals surface area contributed by atoms with E-state index in [0.29, 0.717) is 0 Å². The first-order chi connectivity index (χ1) is 27.8. The van der Waals surface area contributed by atoms with Gasteiger partial charge in [0.15, 0.2) is 5.58 Å². The first-order valence-electron chi connectivity index (χ1n) is 19.1. The molecular formula is C52H33N3O. The minimum Gasteiger partial charge on any atom is -0.454 e. The third-order valence-electron chi connectivity index (χ3n) is 11.5. The lowest BCUT2D eigenvalue weighted by molar-refractivity contribution is 0.666. The van der Waals surface area contributed by atoms with Crippen molar-refractivity contribution in [1.29, 1.82) is 0 Å². The number of benzene rings is 9. The maximum atomic E-state index is 6.80. The fourth-order valence-electron chi connectivity index (χ4n) is 9.07. The minimum atomic E-state index is 0.859. The Labute approximate surface area is 322 Å². The minimum absolute atomic E-state index is 0.859. The number of hydrogen-bond acceptors (Lipinski definition) is 2. The van der Waals surface area contributed by atoms with Gasteiger partial charge in [-0.3, -0.25) is 0 Å². The first kappa shape index (κ1) is 30.9. The van der Waals surface area contributed by atoms with Crippen molar-refractivity contribution >= 4 is 93.4 Å². The van der Waals surface area contributed by atoms with Crippen LogP contribution in [0.3, 0.4) is 0 Å². The summed E-state index contributed by atoms with van der Waals surface area (Å²) in [5.74, 6) is 0. The monoisotopic (exact) mass is 715 g/mol. The van der Waals surface area contributed by atoms with Crippen molar-refractivity contribution in [2.45, 2.75) is 0 Å². The highest BCUT2D eigenvalue weighted by atomic mass is 16.3. The lowest BCUT2D eigenvalue weighted by Crippen LogP contribution is -2.09. The van der Waals surface area contributed by atoms with Gasteiger partial charge in [-0.1, -0.05) is 115 Å². The highest BCUT2D eigenvalue weighted by Crippen LogP contribution is 2.44. The molecule has 0 atom stereocenters. The standard InChI is InChI=1S/C52H33N3O/c1-3-15-35(16-4-1)53(37-27-30-47-44(33-37)51-39-19-8-7-14-34(39)26-29-48(51)54(47)36-17-5-2-6-18-36)38-28-31-50-43(32-38)42-22-13-25-49(52(42)56-50)55-45-23-11-9-20-40(45)41-21-10-12-24-46(41)55/h1-33H. The SMILES string of the molecule is c1ccc(N(c2ccc3oc4c(-n5c6ccccc6c6ccccc65)cccc4c3c2)c2ccc3c(c2)c2c4ccccc4ccc2n3-c2ccccc2)cc1. The maximum Gasteiger partial charge on any atom is 0.159 e. The fourth-order valence-corrected chi connectivity index (χ4v) is 9.07. The number of nitrogens with zero attached hydrogens (tertiary/aromatic N) is 3. The molecule has 0 aliphatic rings. The Morgan fingerprint density at radius 3 is 1.71 bits per heavy atom. The molecule has 0 amide bonds. The molecule has 4 nitrogen and oxygen atoms in total. The van der Waals surface area contributed by atoms with E-state index >= 15 is 0 Å². The maximum absolute atomic E-state index is 6.80. The summed E-state index contributed by atoms with van der Waals surface area (Å²) in [6.45, 7) is 0. The van der Waals surface area contributed by atoms with Crippen LogP contribution in [-0.2, 0) is 0 Å². The molecule has 3 heterocycles. The molecule has 12 rings (SSSR count). The molecule has 0 aliphatic heterocycles. The van der Waals surface area contributed by atoms with E-state index in [9.17, 15) is 0 Å². The highest BCUT2D eigenvalue weighted by Gasteiger charge is 2.21. The third-order valence-corrected chi connectivity index (χ3v) is 11.5. The van der Waals surface area contributed by atoms with Crippen molar-refractivity contribution in [2.75, 3.05) is 4.90 Å². The second-order valence-electron chi connectivity index (χ2n) is 14.5. The van der Waals surface area contributed by atoms with Crippen LogP contribution in [0.5, 0.6) is 0 Å². The molecule has 262 valence electrons. The summed E-state index contributed by atoms with van der Waals surface area (Å²) < 4.78 is 11.5. The molecule has 0 saturated heterocycles. The summed E-state index contributed by atoms with van der Waals surface area (Å²) in [5, 5.41) is 9.57. The number of para-hydroxylation sites is 5. The van der Waals surface area contributed by atoms with Crippen LogP contribution in [-0.4, -0.2) is 9.13 Å². The van der Waals surface area contributed by atoms with Crippen molar-refractivity contribution < 1.29 is 4.42 Å². The van der Waals surface area contributed by atoms with Crippen LogP contribution in [0.15, 0.2) is 205 Å². The van der Waals surface area contributed by atoms with Crippen molar-refractivity contribution in [3.63, 3.8) is 0 Å². The van der Waals surface area contributed by atoms with E-state index in [4.69, 9.17) is 4.42 Å². The van der Waals surface area contributed by atoms with Gasteiger partial charge in [-0.05, 0) is 95.7 Å². The molecule has 0 saturated carbocycles. The number of aromatic nitrogens is 2. The molecule has 0 unspecified atom stereocenters. The summed E-state index contributed by atoms with van der Waals surface area (Å²) in [6, 6.07) is 71.9. The number of anilines is 3. The molecule has 4 heteroatoms. The number of rotatable bonds is 5. The van der Waals surface area contributed by atoms with Gasteiger partial charge in [0.25, 0.3) is 0 Å². The van der Waals surface area contributed by atoms with E-state index in [1.54, 1.807) is 0 Å². The van der Waals surface area contributed by atoms with Crippen LogP contribution in [0.1, 0.15) is 0 Å². The zero-order valence-corrected chi connectivity index (χ0v) is 30.3. The van der Waals surface area contributed by atoms with E-state index in [0.717, 1.165) is 61.4 Å². The zero-order valence-electron chi connectivity index (χ0n) is 30.3. The van der Waals surface area contributed by atoms with Crippen molar-refractivity contribution in [1.82, 2.24) is 9.13 Å². The Morgan fingerprint density at radius 2 is 0.946 bits per heavy atom. The summed E-state index contributed by atoms with van der Waals surface area (Å²) in [4.78, 5) is 2.37. The topological polar surface area (TPSA) is 26.2 Å². The number of fused-ring (bicyclic) bond motifs is 11. The summed E-state index contributed by atoms with van der Waals surface area (Å²) in [5.41, 5.74) is 11.8. The summed E-state index contributed by atoms with van der Waals surface area (Å²) >= 11 is 0. The quantitative estimate of drug-likeness (QED) is 0.177. The van der Waals surface area contributed by atoms with Crippen LogP contribution in [0.25, 0.3) is 87.7 Å². The average Bonchev–Trinajstić information content (AvgIpc) is 3.92. The molecular weight excluding hydrogens is 683 g/mol. The molecule has 0 fully saturated rings. The van der Waals surface area contributed by atoms with E-state index in [2.05, 4.69) is 214 Å². The van der Waals surface area contributed by atoms with Gasteiger partial charge in [0.2, 0.25) is 0 Å². The molecule has 0 radical (unpaired) electrons. The summed E-state index contributed by atoms with van der Waals surface area (Å²) in [6.07, 6.45) is 0. The van der Waals surface area contributed by atoms with E-state index in [-0.39, 0.29) is 0 Å². The molecule has 0 bridgehead atoms. The van der Waals surface area contributed by atoms with E-state index in [1.807, 2.05) is 0 Å². The smallest absolute Gasteiger partial charge is 0.159 e. The van der Waals surface area contributed by atoms with E-state index in [1.165, 1.54) is 43.4 Å². The lowest BCUT2D eigenvalue weighted by atomic mass is 10.0. The third kappa shape index (κ3) is 4.47. The number of hydrogen-bond donors (Lipinski definition) is 0. The van der Waals surface area contributed by atoms with E-state index < -0.39 is 0 Å². The van der Waals surface area contributed by atoms with Crippen LogP contribution in [0, 0.1) is 0 Å². The van der Waals surface area contributed by atoms with Gasteiger partial charge in [0, 0.05) is 55.1 Å². The van der Waals surface area contributed by atoms with Crippen molar-refractivity contribution in [3.8, 4) is 11.4 Å². The Balaban J connectivity index is 1.09. The van der Waals surface area contributed by atoms with Crippen LogP contribution < -0.4 is 4.90 Å². The Hall–Kier alpha value is -7.56. The van der Waals surface area contributed by atoms with Crippen LogP contribution >= 0.6 is 0 Å². The van der Waals surface area contributed by atoms with Crippen LogP contribution in [0.2, 0.25) is 0 Å². The Morgan fingerprint density at radius 1 is 0.357 bits per heavy atom. The second-order valence-corrected chi connectivity index (χ2v) is 14.5. The molecule has 12 aromatic rings. The molecule has 3 aromatic heterocycles. The van der Waals surface area contributed by atoms with Crippen molar-refractivity contribution in [3.05, 3.63) is 200 Å². The second kappa shape index (κ2) is 12.0. The molecule has 0 aliphatic carbocycles. The fraction of sp³-hybridized carbons (Fsp3) is 0. The molecule has 0 N–H and O–H groups in total. The van der Waals surface area contributed by atoms with Gasteiger partial charge < -0.3 is 18.5 Å². The summed E-state index contributed by atoms with van der Waals surface area (Å²) in [7, 11) is 0. The molecule has 9 aromatic carbocycles. The van der Waals surface area contributed by atoms with Crippen LogP contribution in [0.4, 0.5) is 17.1 Å². The number of furan rings is 1. The van der Waals surface area contributed by atoms with Gasteiger partial charge in [-0.15, -0.1) is 0 Å². The molecule has 0 spiro atoms. The van der Waals surface area contributed by atoms with Gasteiger partial charge in [-0.2, -0.15) is 0 Å². The van der Waals surface area contributed by atoms with Gasteiger partial charge in [0.1, 0.15) is 5.58 Å². The molecule has 56 heavy (non-hydrogen) atoms. The van der Waals surface area contributed by atoms with Gasteiger partial charge >= 0.3 is 0 Å². The predicted molar refractivity (Wildman–Crippen MR) is 235 cm³/mol. The zero-order chi connectivity index (χ0) is 36.7. The predicted octanol–water partition coefficient (Wildman–Crippen LogP) is 14.4. The van der Waals surface area contributed by atoms with Gasteiger partial charge in [0.05, 0.1) is 27.8 Å². The average molecular weight is 716 g/mol. The lowest BCUT2D eigenvalue weighted by Gasteiger charge is -2.25. The highest BCUT2D eigenvalue weighted by molar-refractivity contribution is 6.22. The Kier molecular flexibility index (Phi) is 6.60. The normalized spacial score (nSPS) is 11.9. The van der Waals surface area contributed by atoms with Crippen molar-refractivity contribution in [2.24, 2.45) is 0 Å². The largest absolute Gasteiger partial charge is 0.454 e. The first-order valence-corrected chi connectivity index (χ1v) is 19.1. The van der Waals surface area contributed by atoms with Gasteiger partial charge in [-0.25, -0.2) is 0 Å².